The van der Waals surface area contributed by atoms with Crippen LogP contribution in [0.2, 0.25) is 0 Å². The molecule has 0 aromatic heterocycles. The number of nitrogens with zero attached hydrogens (tertiary/aromatic N) is 1. The highest BCUT2D eigenvalue weighted by Crippen LogP contribution is 2.32. The third-order valence-corrected chi connectivity index (χ3v) is 4.25. The van der Waals surface area contributed by atoms with Crippen LogP contribution in [-0.4, -0.2) is 17.9 Å². The minimum atomic E-state index is -0.490. The second kappa shape index (κ2) is 6.24. The molecule has 0 radical (unpaired) electrons. The van der Waals surface area contributed by atoms with Crippen molar-refractivity contribution in [3.8, 4) is 0 Å². The van der Waals surface area contributed by atoms with Gasteiger partial charge in [0.1, 0.15) is 6.04 Å². The lowest BCUT2D eigenvalue weighted by Gasteiger charge is -2.23. The second-order valence-electron chi connectivity index (χ2n) is 5.78. The lowest BCUT2D eigenvalue weighted by atomic mass is 10.1. The first-order valence-electron chi connectivity index (χ1n) is 7.87. The van der Waals surface area contributed by atoms with Crippen LogP contribution >= 0.6 is 0 Å². The van der Waals surface area contributed by atoms with Gasteiger partial charge in [0, 0.05) is 24.7 Å². The van der Waals surface area contributed by atoms with Crippen molar-refractivity contribution in [2.24, 2.45) is 0 Å². The van der Waals surface area contributed by atoms with Gasteiger partial charge in [-0.2, -0.15) is 0 Å². The predicted molar refractivity (Wildman–Crippen MR) is 91.5 cm³/mol. The van der Waals surface area contributed by atoms with E-state index in [-0.39, 0.29) is 11.8 Å². The number of rotatable bonds is 3. The summed E-state index contributed by atoms with van der Waals surface area (Å²) in [5, 5.41) is 2.92. The van der Waals surface area contributed by atoms with Crippen molar-refractivity contribution >= 4 is 23.2 Å². The molecule has 23 heavy (non-hydrogen) atoms. The highest BCUT2D eigenvalue weighted by molar-refractivity contribution is 6.06. The number of para-hydroxylation sites is 1. The van der Waals surface area contributed by atoms with E-state index in [1.807, 2.05) is 48.5 Å². The predicted octanol–water partition coefficient (Wildman–Crippen LogP) is 3.17. The van der Waals surface area contributed by atoms with E-state index in [1.54, 1.807) is 4.90 Å². The monoisotopic (exact) mass is 308 g/mol. The lowest BCUT2D eigenvalue weighted by molar-refractivity contribution is -0.122. The van der Waals surface area contributed by atoms with Crippen molar-refractivity contribution in [1.29, 1.82) is 0 Å². The summed E-state index contributed by atoms with van der Waals surface area (Å²) in [5.41, 5.74) is 3.85. The molecule has 118 valence electrons. The summed E-state index contributed by atoms with van der Waals surface area (Å²) in [6.45, 7) is 3.59. The molecule has 2 amide bonds. The van der Waals surface area contributed by atoms with Gasteiger partial charge in [0.15, 0.2) is 0 Å². The number of hydrogen-bond donors (Lipinski definition) is 1. The number of nitrogens with one attached hydrogen (secondary N) is 1. The second-order valence-corrected chi connectivity index (χ2v) is 5.78. The molecular weight excluding hydrogens is 288 g/mol. The van der Waals surface area contributed by atoms with Crippen molar-refractivity contribution in [3.05, 3.63) is 59.7 Å². The summed E-state index contributed by atoms with van der Waals surface area (Å²) in [6.07, 6.45) is 1.51. The van der Waals surface area contributed by atoms with Crippen LogP contribution in [0, 0.1) is 0 Å². The van der Waals surface area contributed by atoms with Crippen LogP contribution in [0.3, 0.4) is 0 Å². The molecular formula is C19H20N2O2. The zero-order valence-corrected chi connectivity index (χ0v) is 13.4. The molecule has 0 aliphatic carbocycles. The average molecular weight is 308 g/mol. The van der Waals surface area contributed by atoms with Crippen LogP contribution in [0.5, 0.6) is 0 Å². The van der Waals surface area contributed by atoms with Crippen LogP contribution in [0.25, 0.3) is 0 Å². The molecule has 0 fully saturated rings. The topological polar surface area (TPSA) is 49.4 Å². The Balaban J connectivity index is 1.80. The number of hydrogen-bond acceptors (Lipinski definition) is 2. The van der Waals surface area contributed by atoms with E-state index in [2.05, 4.69) is 12.2 Å². The van der Waals surface area contributed by atoms with Crippen molar-refractivity contribution in [3.63, 3.8) is 0 Å². The maximum absolute atomic E-state index is 12.6. The Kier molecular flexibility index (Phi) is 4.15. The minimum absolute atomic E-state index is 0.114. The molecule has 1 atom stereocenters. The number of amides is 2. The maximum Gasteiger partial charge on any atom is 0.247 e. The Labute approximate surface area is 136 Å². The standard InChI is InChI=1S/C19H20N2O2/c1-3-14-8-10-16(11-9-14)20-19(23)18-12-15-6-4-5-7-17(15)21(18)13(2)22/h4-11,18H,3,12H2,1-2H3,(H,20,23). The number of fused-ring (bicyclic) bond motifs is 1. The highest BCUT2D eigenvalue weighted by Gasteiger charge is 2.36. The Hall–Kier alpha value is -2.62. The van der Waals surface area contributed by atoms with Gasteiger partial charge in [-0.25, -0.2) is 0 Å². The van der Waals surface area contributed by atoms with E-state index in [0.717, 1.165) is 23.4 Å². The molecule has 2 aromatic rings. The van der Waals surface area contributed by atoms with Crippen LogP contribution < -0.4 is 10.2 Å². The van der Waals surface area contributed by atoms with E-state index in [4.69, 9.17) is 0 Å². The third kappa shape index (κ3) is 2.97. The van der Waals surface area contributed by atoms with Crippen molar-refractivity contribution in [2.75, 3.05) is 10.2 Å². The molecule has 4 nitrogen and oxygen atoms in total. The van der Waals surface area contributed by atoms with Gasteiger partial charge >= 0.3 is 0 Å². The fourth-order valence-corrected chi connectivity index (χ4v) is 3.03. The average Bonchev–Trinajstić information content (AvgIpc) is 2.95. The summed E-state index contributed by atoms with van der Waals surface area (Å²) in [5.74, 6) is -0.267. The van der Waals surface area contributed by atoms with E-state index in [9.17, 15) is 9.59 Å². The van der Waals surface area contributed by atoms with Gasteiger partial charge in [-0.05, 0) is 35.7 Å². The number of benzene rings is 2. The number of anilines is 2. The van der Waals surface area contributed by atoms with Crippen molar-refractivity contribution < 1.29 is 9.59 Å². The molecule has 1 unspecified atom stereocenters. The van der Waals surface area contributed by atoms with Crippen LogP contribution in [0.1, 0.15) is 25.0 Å². The van der Waals surface area contributed by atoms with Gasteiger partial charge in [-0.1, -0.05) is 37.3 Å². The van der Waals surface area contributed by atoms with E-state index in [1.165, 1.54) is 12.5 Å². The molecule has 1 aliphatic rings. The fourth-order valence-electron chi connectivity index (χ4n) is 3.03. The summed E-state index contributed by atoms with van der Waals surface area (Å²) in [6, 6.07) is 15.0. The largest absolute Gasteiger partial charge is 0.324 e. The quantitative estimate of drug-likeness (QED) is 0.947. The maximum atomic E-state index is 12.6. The molecule has 4 heteroatoms. The van der Waals surface area contributed by atoms with E-state index in [0.29, 0.717) is 6.42 Å². The zero-order valence-electron chi connectivity index (χ0n) is 13.4. The smallest absolute Gasteiger partial charge is 0.247 e. The molecule has 0 bridgehead atoms. The molecule has 0 saturated heterocycles. The Morgan fingerprint density at radius 2 is 1.83 bits per heavy atom. The van der Waals surface area contributed by atoms with Gasteiger partial charge in [-0.15, -0.1) is 0 Å². The van der Waals surface area contributed by atoms with Gasteiger partial charge in [-0.3, -0.25) is 14.5 Å². The first kappa shape index (κ1) is 15.3. The van der Waals surface area contributed by atoms with E-state index < -0.39 is 6.04 Å². The first-order valence-corrected chi connectivity index (χ1v) is 7.87. The molecule has 0 spiro atoms. The number of carbonyl (C=O) groups excluding carboxylic acids is 2. The third-order valence-electron chi connectivity index (χ3n) is 4.25. The molecule has 1 aliphatic heterocycles. The minimum Gasteiger partial charge on any atom is -0.324 e. The van der Waals surface area contributed by atoms with Gasteiger partial charge in [0.05, 0.1) is 0 Å². The molecule has 1 N–H and O–H groups in total. The number of carbonyl (C=O) groups is 2. The molecule has 1 heterocycles. The SMILES string of the molecule is CCc1ccc(NC(=O)C2Cc3ccccc3N2C(C)=O)cc1. The van der Waals surface area contributed by atoms with Crippen molar-refractivity contribution in [1.82, 2.24) is 0 Å². The zero-order chi connectivity index (χ0) is 16.4. The molecule has 3 rings (SSSR count). The van der Waals surface area contributed by atoms with Gasteiger partial charge < -0.3 is 5.32 Å². The first-order chi connectivity index (χ1) is 11.1. The summed E-state index contributed by atoms with van der Waals surface area (Å²) < 4.78 is 0. The Bertz CT molecular complexity index is 737. The van der Waals surface area contributed by atoms with Gasteiger partial charge in [0.25, 0.3) is 0 Å². The van der Waals surface area contributed by atoms with Crippen LogP contribution in [0.4, 0.5) is 11.4 Å². The Morgan fingerprint density at radius 1 is 1.13 bits per heavy atom. The molecule has 0 saturated carbocycles. The van der Waals surface area contributed by atoms with Crippen LogP contribution in [-0.2, 0) is 22.4 Å². The fraction of sp³-hybridized carbons (Fsp3) is 0.263. The molecule has 2 aromatic carbocycles. The summed E-state index contributed by atoms with van der Waals surface area (Å²) in [4.78, 5) is 26.2. The number of aryl methyl sites for hydroxylation is 1. The summed E-state index contributed by atoms with van der Waals surface area (Å²) >= 11 is 0. The van der Waals surface area contributed by atoms with Crippen molar-refractivity contribution in [2.45, 2.75) is 32.7 Å². The summed E-state index contributed by atoms with van der Waals surface area (Å²) in [7, 11) is 0. The van der Waals surface area contributed by atoms with E-state index >= 15 is 0 Å². The normalized spacial score (nSPS) is 16.1. The Morgan fingerprint density at radius 3 is 2.48 bits per heavy atom. The highest BCUT2D eigenvalue weighted by atomic mass is 16.2. The van der Waals surface area contributed by atoms with Gasteiger partial charge in [0.2, 0.25) is 11.8 Å². The lowest BCUT2D eigenvalue weighted by Crippen LogP contribution is -2.44. The van der Waals surface area contributed by atoms with Crippen LogP contribution in [0.15, 0.2) is 48.5 Å².